The third-order valence-corrected chi connectivity index (χ3v) is 2.13. The summed E-state index contributed by atoms with van der Waals surface area (Å²) in [6, 6.07) is 0. The van der Waals surface area contributed by atoms with Gasteiger partial charge in [-0.3, -0.25) is 4.79 Å². The molecule has 1 atom stereocenters. The summed E-state index contributed by atoms with van der Waals surface area (Å²) < 4.78 is 0. The highest BCUT2D eigenvalue weighted by molar-refractivity contribution is 6.26. The first kappa shape index (κ1) is 11.7. The largest absolute Gasteiger partial charge is 0.481 e. The predicted octanol–water partition coefficient (Wildman–Crippen LogP) is 0.580. The van der Waals surface area contributed by atoms with E-state index in [1.54, 1.807) is 0 Å². The number of carboxylic acids is 2. The van der Waals surface area contributed by atoms with Crippen molar-refractivity contribution in [3.05, 3.63) is 23.3 Å². The number of allylic oxidation sites excluding steroid dienone is 2. The Morgan fingerprint density at radius 3 is 2.56 bits per heavy atom. The molecule has 6 heteroatoms. The second kappa shape index (κ2) is 4.40. The normalized spacial score (nSPS) is 22.0. The molecule has 16 heavy (non-hydrogen) atoms. The predicted molar refractivity (Wildman–Crippen MR) is 53.6 cm³/mol. The lowest BCUT2D eigenvalue weighted by Gasteiger charge is -2.16. The smallest absolute Gasteiger partial charge is 0.337 e. The molecule has 0 spiro atoms. The van der Waals surface area contributed by atoms with Gasteiger partial charge in [-0.15, -0.1) is 0 Å². The Morgan fingerprint density at radius 1 is 1.50 bits per heavy atom. The van der Waals surface area contributed by atoms with E-state index < -0.39 is 17.9 Å². The molecule has 0 aromatic carbocycles. The SMILES string of the molecule is CC1=C(C(=O)O)C(=NC#N)C(C(=O)O)C=C1. The van der Waals surface area contributed by atoms with Gasteiger partial charge < -0.3 is 10.2 Å². The van der Waals surface area contributed by atoms with Crippen LogP contribution in [-0.2, 0) is 9.59 Å². The van der Waals surface area contributed by atoms with E-state index in [0.29, 0.717) is 5.57 Å². The Morgan fingerprint density at radius 2 is 2.12 bits per heavy atom. The Balaban J connectivity index is 3.37. The molecule has 1 aliphatic rings. The third kappa shape index (κ3) is 1.98. The molecule has 0 saturated carbocycles. The number of carbonyl (C=O) groups is 2. The van der Waals surface area contributed by atoms with Gasteiger partial charge in [0.2, 0.25) is 6.19 Å². The van der Waals surface area contributed by atoms with Gasteiger partial charge in [0.25, 0.3) is 0 Å². The van der Waals surface area contributed by atoms with Crippen LogP contribution in [-0.4, -0.2) is 27.9 Å². The molecule has 0 aliphatic heterocycles. The van der Waals surface area contributed by atoms with Crippen LogP contribution in [0.3, 0.4) is 0 Å². The van der Waals surface area contributed by atoms with Crippen molar-refractivity contribution in [3.8, 4) is 6.19 Å². The number of nitriles is 1. The van der Waals surface area contributed by atoms with Crippen molar-refractivity contribution in [1.82, 2.24) is 0 Å². The second-order valence-electron chi connectivity index (χ2n) is 3.14. The highest BCUT2D eigenvalue weighted by Crippen LogP contribution is 2.22. The minimum Gasteiger partial charge on any atom is -0.481 e. The maximum Gasteiger partial charge on any atom is 0.337 e. The molecule has 0 aromatic heterocycles. The van der Waals surface area contributed by atoms with E-state index >= 15 is 0 Å². The Labute approximate surface area is 90.8 Å². The highest BCUT2D eigenvalue weighted by atomic mass is 16.4. The zero-order chi connectivity index (χ0) is 12.3. The first-order chi connectivity index (χ1) is 7.49. The maximum absolute atomic E-state index is 10.9. The Hall–Kier alpha value is -2.42. The quantitative estimate of drug-likeness (QED) is 0.661. The van der Waals surface area contributed by atoms with Crippen molar-refractivity contribution in [3.63, 3.8) is 0 Å². The molecule has 0 heterocycles. The Kier molecular flexibility index (Phi) is 3.20. The lowest BCUT2D eigenvalue weighted by molar-refractivity contribution is -0.138. The van der Waals surface area contributed by atoms with Crippen molar-refractivity contribution in [2.75, 3.05) is 0 Å². The van der Waals surface area contributed by atoms with Crippen LogP contribution in [0.1, 0.15) is 6.92 Å². The maximum atomic E-state index is 10.9. The molecule has 0 amide bonds. The lowest BCUT2D eigenvalue weighted by Crippen LogP contribution is -2.29. The molecule has 6 nitrogen and oxygen atoms in total. The number of hydrogen-bond acceptors (Lipinski definition) is 4. The van der Waals surface area contributed by atoms with E-state index in [0.717, 1.165) is 0 Å². The molecular weight excluding hydrogens is 212 g/mol. The fraction of sp³-hybridized carbons (Fsp3) is 0.200. The highest BCUT2D eigenvalue weighted by Gasteiger charge is 2.31. The van der Waals surface area contributed by atoms with Gasteiger partial charge in [0, 0.05) is 0 Å². The minimum atomic E-state index is -1.29. The number of carboxylic acid groups (broad SMARTS) is 2. The summed E-state index contributed by atoms with van der Waals surface area (Å²) in [4.78, 5) is 25.1. The zero-order valence-electron chi connectivity index (χ0n) is 8.34. The van der Waals surface area contributed by atoms with Crippen LogP contribution in [0.15, 0.2) is 28.3 Å². The fourth-order valence-electron chi connectivity index (χ4n) is 1.43. The molecule has 0 bridgehead atoms. The standard InChI is InChI=1S/C10H8N2O4/c1-5-2-3-6(9(13)14)8(12-4-11)7(5)10(15)16/h2-3,6H,1H3,(H,13,14)(H,15,16). The van der Waals surface area contributed by atoms with E-state index in [9.17, 15) is 9.59 Å². The zero-order valence-corrected chi connectivity index (χ0v) is 8.34. The van der Waals surface area contributed by atoms with E-state index in [1.807, 2.05) is 0 Å². The van der Waals surface area contributed by atoms with Crippen molar-refractivity contribution < 1.29 is 19.8 Å². The number of rotatable bonds is 2. The first-order valence-electron chi connectivity index (χ1n) is 4.31. The molecule has 1 aliphatic carbocycles. The van der Waals surface area contributed by atoms with Gasteiger partial charge in [-0.25, -0.2) is 4.79 Å². The summed E-state index contributed by atoms with van der Waals surface area (Å²) >= 11 is 0. The molecule has 0 radical (unpaired) electrons. The molecule has 2 N–H and O–H groups in total. The molecule has 82 valence electrons. The van der Waals surface area contributed by atoms with E-state index in [2.05, 4.69) is 4.99 Å². The van der Waals surface area contributed by atoms with Crippen LogP contribution < -0.4 is 0 Å². The van der Waals surface area contributed by atoms with Crippen LogP contribution in [0, 0.1) is 17.4 Å². The van der Waals surface area contributed by atoms with Crippen molar-refractivity contribution in [1.29, 1.82) is 5.26 Å². The van der Waals surface area contributed by atoms with Crippen LogP contribution in [0.5, 0.6) is 0 Å². The van der Waals surface area contributed by atoms with Gasteiger partial charge >= 0.3 is 11.9 Å². The molecule has 0 aromatic rings. The minimum absolute atomic E-state index is 0.226. The first-order valence-corrected chi connectivity index (χ1v) is 4.31. The lowest BCUT2D eigenvalue weighted by atomic mass is 9.88. The van der Waals surface area contributed by atoms with Gasteiger partial charge in [0.15, 0.2) is 0 Å². The van der Waals surface area contributed by atoms with Gasteiger partial charge in [-0.05, 0) is 12.5 Å². The van der Waals surface area contributed by atoms with E-state index in [1.165, 1.54) is 25.3 Å². The number of aliphatic imine (C=N–C) groups is 1. The van der Waals surface area contributed by atoms with Crippen LogP contribution in [0.4, 0.5) is 0 Å². The topological polar surface area (TPSA) is 111 Å². The van der Waals surface area contributed by atoms with Gasteiger partial charge in [-0.2, -0.15) is 10.3 Å². The summed E-state index contributed by atoms with van der Waals surface area (Å²) in [7, 11) is 0. The van der Waals surface area contributed by atoms with Gasteiger partial charge in [-0.1, -0.05) is 12.2 Å². The van der Waals surface area contributed by atoms with Crippen molar-refractivity contribution in [2.45, 2.75) is 6.92 Å². The average Bonchev–Trinajstić information content (AvgIpc) is 2.17. The van der Waals surface area contributed by atoms with Crippen LogP contribution in [0.2, 0.25) is 0 Å². The average molecular weight is 220 g/mol. The molecular formula is C10H8N2O4. The summed E-state index contributed by atoms with van der Waals surface area (Å²) in [6.07, 6.45) is 4.13. The molecule has 0 saturated heterocycles. The molecule has 0 fully saturated rings. The summed E-state index contributed by atoms with van der Waals surface area (Å²) in [5.74, 6) is -3.71. The summed E-state index contributed by atoms with van der Waals surface area (Å²) in [6.45, 7) is 1.52. The third-order valence-electron chi connectivity index (χ3n) is 2.13. The molecule has 1 unspecified atom stereocenters. The summed E-state index contributed by atoms with van der Waals surface area (Å²) in [5.41, 5.74) is -0.0852. The van der Waals surface area contributed by atoms with E-state index in [4.69, 9.17) is 15.5 Å². The number of nitrogens with zero attached hydrogens (tertiary/aromatic N) is 2. The van der Waals surface area contributed by atoms with Gasteiger partial charge in [0.05, 0.1) is 11.3 Å². The second-order valence-corrected chi connectivity index (χ2v) is 3.14. The number of aliphatic carboxylic acids is 2. The number of hydrogen-bond donors (Lipinski definition) is 2. The van der Waals surface area contributed by atoms with Crippen LogP contribution in [0.25, 0.3) is 0 Å². The van der Waals surface area contributed by atoms with Gasteiger partial charge in [0.1, 0.15) is 5.92 Å². The monoisotopic (exact) mass is 220 g/mol. The van der Waals surface area contributed by atoms with Crippen molar-refractivity contribution in [2.24, 2.45) is 10.9 Å². The Bertz CT molecular complexity index is 480. The molecule has 1 rings (SSSR count). The fourth-order valence-corrected chi connectivity index (χ4v) is 1.43. The van der Waals surface area contributed by atoms with Crippen molar-refractivity contribution >= 4 is 17.7 Å². The summed E-state index contributed by atoms with van der Waals surface area (Å²) in [5, 5.41) is 26.2. The van der Waals surface area contributed by atoms with E-state index in [-0.39, 0.29) is 11.3 Å². The van der Waals surface area contributed by atoms with Crippen LogP contribution >= 0.6 is 0 Å².